The van der Waals surface area contributed by atoms with Crippen molar-refractivity contribution in [3.05, 3.63) is 18.2 Å². The van der Waals surface area contributed by atoms with Crippen LogP contribution in [-0.4, -0.2) is 26.9 Å². The Hall–Kier alpha value is -1.80. The Bertz CT molecular complexity index is 600. The molecule has 1 aromatic carbocycles. The first kappa shape index (κ1) is 13.6. The number of anilines is 2. The summed E-state index contributed by atoms with van der Waals surface area (Å²) in [5.74, 6) is 0.0260. The molecule has 0 aromatic heterocycles. The lowest BCUT2D eigenvalue weighted by molar-refractivity contribution is -0.119. The first-order valence-electron chi connectivity index (χ1n) is 5.82. The fourth-order valence-electron chi connectivity index (χ4n) is 1.93. The maximum Gasteiger partial charge on any atom is 0.238 e. The van der Waals surface area contributed by atoms with Gasteiger partial charge < -0.3 is 16.4 Å². The minimum Gasteiger partial charge on any atom is -0.397 e. The van der Waals surface area contributed by atoms with Crippen LogP contribution < -0.4 is 21.5 Å². The zero-order chi connectivity index (χ0) is 14.0. The molecule has 0 radical (unpaired) electrons. The number of carbonyl (C=O) groups is 1. The number of nitrogens with one attached hydrogen (secondary N) is 2. The number of benzene rings is 1. The van der Waals surface area contributed by atoms with Gasteiger partial charge in [-0.2, -0.15) is 0 Å². The highest BCUT2D eigenvalue weighted by atomic mass is 32.2. The van der Waals surface area contributed by atoms with E-state index in [-0.39, 0.29) is 16.8 Å². The molecule has 8 heteroatoms. The van der Waals surface area contributed by atoms with Gasteiger partial charge in [-0.05, 0) is 24.6 Å². The first-order valence-corrected chi connectivity index (χ1v) is 7.36. The SMILES string of the molecule is Nc1ccc(S(N)(=O)=O)cc1NCC1CCC(=O)N1. The average molecular weight is 284 g/mol. The van der Waals surface area contributed by atoms with Gasteiger partial charge >= 0.3 is 0 Å². The maximum absolute atomic E-state index is 11.3. The third-order valence-corrected chi connectivity index (χ3v) is 3.89. The Morgan fingerprint density at radius 1 is 1.42 bits per heavy atom. The number of primary sulfonamides is 1. The van der Waals surface area contributed by atoms with E-state index in [1.54, 1.807) is 0 Å². The predicted molar refractivity (Wildman–Crippen MR) is 71.9 cm³/mol. The fourth-order valence-corrected chi connectivity index (χ4v) is 2.47. The number of sulfonamides is 1. The molecule has 1 amide bonds. The van der Waals surface area contributed by atoms with E-state index < -0.39 is 10.0 Å². The van der Waals surface area contributed by atoms with Gasteiger partial charge in [0, 0.05) is 19.0 Å². The van der Waals surface area contributed by atoms with Crippen LogP contribution in [0.25, 0.3) is 0 Å². The highest BCUT2D eigenvalue weighted by molar-refractivity contribution is 7.89. The van der Waals surface area contributed by atoms with Gasteiger partial charge in [0.1, 0.15) is 0 Å². The van der Waals surface area contributed by atoms with E-state index >= 15 is 0 Å². The molecule has 19 heavy (non-hydrogen) atoms. The van der Waals surface area contributed by atoms with E-state index in [4.69, 9.17) is 10.9 Å². The van der Waals surface area contributed by atoms with Crippen LogP contribution in [-0.2, 0) is 14.8 Å². The Kier molecular flexibility index (Phi) is 3.63. The van der Waals surface area contributed by atoms with Gasteiger partial charge in [0.15, 0.2) is 0 Å². The molecular weight excluding hydrogens is 268 g/mol. The van der Waals surface area contributed by atoms with Gasteiger partial charge in [-0.25, -0.2) is 13.6 Å². The number of amides is 1. The van der Waals surface area contributed by atoms with Crippen LogP contribution in [0, 0.1) is 0 Å². The Morgan fingerprint density at radius 3 is 2.74 bits per heavy atom. The highest BCUT2D eigenvalue weighted by Gasteiger charge is 2.20. The van der Waals surface area contributed by atoms with Gasteiger partial charge in [-0.1, -0.05) is 0 Å². The molecule has 104 valence electrons. The van der Waals surface area contributed by atoms with Crippen LogP contribution in [0.15, 0.2) is 23.1 Å². The van der Waals surface area contributed by atoms with Crippen LogP contribution >= 0.6 is 0 Å². The predicted octanol–water partition coefficient (Wildman–Crippen LogP) is -0.393. The summed E-state index contributed by atoms with van der Waals surface area (Å²) in [6.07, 6.45) is 1.26. The van der Waals surface area contributed by atoms with Crippen molar-refractivity contribution in [1.82, 2.24) is 5.32 Å². The van der Waals surface area contributed by atoms with Gasteiger partial charge in [-0.15, -0.1) is 0 Å². The first-order chi connectivity index (χ1) is 8.86. The summed E-state index contributed by atoms with van der Waals surface area (Å²) in [6.45, 7) is 0.490. The zero-order valence-corrected chi connectivity index (χ0v) is 11.0. The van der Waals surface area contributed by atoms with Crippen LogP contribution in [0.3, 0.4) is 0 Å². The van der Waals surface area contributed by atoms with Gasteiger partial charge in [0.05, 0.1) is 16.3 Å². The smallest absolute Gasteiger partial charge is 0.238 e. The maximum atomic E-state index is 11.3. The minimum atomic E-state index is -3.75. The van der Waals surface area contributed by atoms with Crippen molar-refractivity contribution in [2.24, 2.45) is 5.14 Å². The topological polar surface area (TPSA) is 127 Å². The fraction of sp³-hybridized carbons (Fsp3) is 0.364. The van der Waals surface area contributed by atoms with Gasteiger partial charge in [0.25, 0.3) is 0 Å². The second-order valence-electron chi connectivity index (χ2n) is 4.48. The van der Waals surface area contributed by atoms with E-state index in [0.717, 1.165) is 6.42 Å². The van der Waals surface area contributed by atoms with Crippen molar-refractivity contribution in [3.8, 4) is 0 Å². The lowest BCUT2D eigenvalue weighted by Crippen LogP contribution is -2.32. The van der Waals surface area contributed by atoms with E-state index in [1.165, 1.54) is 18.2 Å². The molecule has 1 unspecified atom stereocenters. The molecule has 1 atom stereocenters. The third-order valence-electron chi connectivity index (χ3n) is 2.98. The Labute approximate surface area is 111 Å². The van der Waals surface area contributed by atoms with E-state index in [9.17, 15) is 13.2 Å². The zero-order valence-electron chi connectivity index (χ0n) is 10.2. The minimum absolute atomic E-state index is 0.000317. The monoisotopic (exact) mass is 284 g/mol. The summed E-state index contributed by atoms with van der Waals surface area (Å²) in [5.41, 5.74) is 6.68. The normalized spacial score (nSPS) is 19.2. The highest BCUT2D eigenvalue weighted by Crippen LogP contribution is 2.22. The number of hydrogen-bond acceptors (Lipinski definition) is 5. The molecule has 1 aliphatic rings. The molecule has 6 N–H and O–H groups in total. The molecule has 0 spiro atoms. The van der Waals surface area contributed by atoms with Crippen LogP contribution in [0.2, 0.25) is 0 Å². The van der Waals surface area contributed by atoms with Crippen LogP contribution in [0.4, 0.5) is 11.4 Å². The molecule has 2 rings (SSSR count). The third kappa shape index (κ3) is 3.36. The van der Waals surface area contributed by atoms with Crippen molar-refractivity contribution in [1.29, 1.82) is 0 Å². The lowest BCUT2D eigenvalue weighted by Gasteiger charge is -2.14. The van der Waals surface area contributed by atoms with E-state index in [1.807, 2.05) is 0 Å². The van der Waals surface area contributed by atoms with E-state index in [2.05, 4.69) is 10.6 Å². The van der Waals surface area contributed by atoms with Crippen molar-refractivity contribution in [3.63, 3.8) is 0 Å². The second-order valence-corrected chi connectivity index (χ2v) is 6.04. The summed E-state index contributed by atoms with van der Waals surface area (Å²) in [6, 6.07) is 4.26. The van der Waals surface area contributed by atoms with Crippen LogP contribution in [0.1, 0.15) is 12.8 Å². The second kappa shape index (κ2) is 5.06. The number of nitrogen functional groups attached to an aromatic ring is 1. The Morgan fingerprint density at radius 2 is 2.16 bits per heavy atom. The van der Waals surface area contributed by atoms with Crippen LogP contribution in [0.5, 0.6) is 0 Å². The van der Waals surface area contributed by atoms with Crippen molar-refractivity contribution in [2.45, 2.75) is 23.8 Å². The number of carbonyl (C=O) groups excluding carboxylic acids is 1. The standard InChI is InChI=1S/C11H16N4O3S/c12-9-3-2-8(19(13,17)18)5-10(9)14-6-7-1-4-11(16)15-7/h2-3,5,7,14H,1,4,6,12H2,(H,15,16)(H2,13,17,18). The molecule has 1 aliphatic heterocycles. The summed E-state index contributed by atoms with van der Waals surface area (Å²) in [5, 5.41) is 10.9. The molecule has 7 nitrogen and oxygen atoms in total. The summed E-state index contributed by atoms with van der Waals surface area (Å²) in [7, 11) is -3.75. The largest absolute Gasteiger partial charge is 0.397 e. The summed E-state index contributed by atoms with van der Waals surface area (Å²) < 4.78 is 22.5. The van der Waals surface area contributed by atoms with Gasteiger partial charge in [0.2, 0.25) is 15.9 Å². The van der Waals surface area contributed by atoms with Crippen molar-refractivity contribution >= 4 is 27.3 Å². The molecule has 1 aromatic rings. The molecule has 0 aliphatic carbocycles. The average Bonchev–Trinajstić information content (AvgIpc) is 2.72. The summed E-state index contributed by atoms with van der Waals surface area (Å²) >= 11 is 0. The lowest BCUT2D eigenvalue weighted by atomic mass is 10.2. The van der Waals surface area contributed by atoms with Gasteiger partial charge in [-0.3, -0.25) is 4.79 Å². The molecule has 1 fully saturated rings. The van der Waals surface area contributed by atoms with Crippen molar-refractivity contribution < 1.29 is 13.2 Å². The van der Waals surface area contributed by atoms with Crippen molar-refractivity contribution in [2.75, 3.05) is 17.6 Å². The molecule has 0 saturated carbocycles. The number of rotatable bonds is 4. The molecular formula is C11H16N4O3S. The summed E-state index contributed by atoms with van der Waals surface area (Å²) in [4.78, 5) is 11.1. The Balaban J connectivity index is 2.09. The number of hydrogen-bond donors (Lipinski definition) is 4. The molecule has 1 saturated heterocycles. The quantitative estimate of drug-likeness (QED) is 0.560. The number of nitrogens with two attached hydrogens (primary N) is 2. The molecule has 0 bridgehead atoms. The van der Waals surface area contributed by atoms with E-state index in [0.29, 0.717) is 24.3 Å². The molecule has 1 heterocycles.